The fraction of sp³-hybridized carbons (Fsp3) is 0.486. The molecule has 3 fully saturated rings. The highest BCUT2D eigenvalue weighted by Crippen LogP contribution is 2.39. The molecule has 3 aliphatic carbocycles. The van der Waals surface area contributed by atoms with E-state index in [4.69, 9.17) is 19.9 Å². The van der Waals surface area contributed by atoms with Crippen LogP contribution in [-0.4, -0.2) is 74.7 Å². The Morgan fingerprint density at radius 2 is 1.38 bits per heavy atom. The smallest absolute Gasteiger partial charge is 0.324 e. The van der Waals surface area contributed by atoms with Crippen molar-refractivity contribution in [2.75, 3.05) is 24.0 Å². The van der Waals surface area contributed by atoms with E-state index in [1.807, 2.05) is 60.7 Å². The lowest BCUT2D eigenvalue weighted by atomic mass is 9.96. The average molecular weight is 731 g/mol. The van der Waals surface area contributed by atoms with Crippen LogP contribution >= 0.6 is 7.44 Å². The molecule has 15 heteroatoms. The number of nitrogens with one attached hydrogen (secondary N) is 3. The van der Waals surface area contributed by atoms with Crippen LogP contribution in [0.2, 0.25) is 0 Å². The summed E-state index contributed by atoms with van der Waals surface area (Å²) in [6, 6.07) is 17.4. The zero-order chi connectivity index (χ0) is 35.9. The largest absolute Gasteiger partial charge is 0.461 e. The summed E-state index contributed by atoms with van der Waals surface area (Å²) in [6.07, 6.45) is 8.77. The predicted octanol–water partition coefficient (Wildman–Crippen LogP) is 4.74. The van der Waals surface area contributed by atoms with Crippen LogP contribution in [0, 0.1) is 0 Å². The van der Waals surface area contributed by atoms with Crippen molar-refractivity contribution < 1.29 is 28.4 Å². The number of carbonyl (C=O) groups is 2. The van der Waals surface area contributed by atoms with E-state index in [1.54, 1.807) is 10.9 Å². The monoisotopic (exact) mass is 730 g/mol. The van der Waals surface area contributed by atoms with Gasteiger partial charge in [0.15, 0.2) is 17.0 Å². The molecule has 0 saturated heterocycles. The van der Waals surface area contributed by atoms with Crippen molar-refractivity contribution in [1.82, 2.24) is 29.7 Å². The molecule has 0 aliphatic heterocycles. The second-order valence-corrected chi connectivity index (χ2v) is 16.2. The van der Waals surface area contributed by atoms with Crippen molar-refractivity contribution in [2.45, 2.75) is 101 Å². The summed E-state index contributed by atoms with van der Waals surface area (Å²) in [4.78, 5) is 40.6. The van der Waals surface area contributed by atoms with E-state index in [9.17, 15) is 9.59 Å². The van der Waals surface area contributed by atoms with E-state index in [1.165, 1.54) is 0 Å². The SMILES string of the molecule is Nc1nc(NC2CC2)c2ncn(CCOCP(=O)(N[C@@H](Cc3ccccc3)C(=O)OC3CCC3)N[C@@H](Cc3ccccc3)C(=O)OC3CCC3)c2n1. The zero-order valence-electron chi connectivity index (χ0n) is 29.2. The Hall–Kier alpha value is -4.36. The van der Waals surface area contributed by atoms with Gasteiger partial charge in [0.2, 0.25) is 13.4 Å². The van der Waals surface area contributed by atoms with Gasteiger partial charge in [0.05, 0.1) is 12.9 Å². The lowest BCUT2D eigenvalue weighted by Crippen LogP contribution is -2.48. The number of rotatable bonds is 19. The normalized spacial score (nSPS) is 17.5. The summed E-state index contributed by atoms with van der Waals surface area (Å²) >= 11 is 0. The van der Waals surface area contributed by atoms with Gasteiger partial charge in [-0.1, -0.05) is 60.7 Å². The molecule has 52 heavy (non-hydrogen) atoms. The van der Waals surface area contributed by atoms with E-state index < -0.39 is 31.5 Å². The van der Waals surface area contributed by atoms with Gasteiger partial charge >= 0.3 is 11.9 Å². The molecular formula is C37H47N8O6P. The molecule has 2 aromatic heterocycles. The maximum atomic E-state index is 15.1. The molecule has 0 bridgehead atoms. The third-order valence-electron chi connectivity index (χ3n) is 9.68. The van der Waals surface area contributed by atoms with Gasteiger partial charge in [-0.15, -0.1) is 0 Å². The molecule has 5 N–H and O–H groups in total. The molecular weight excluding hydrogens is 683 g/mol. The highest BCUT2D eigenvalue weighted by Gasteiger charge is 2.38. The lowest BCUT2D eigenvalue weighted by Gasteiger charge is -2.32. The molecule has 0 spiro atoms. The van der Waals surface area contributed by atoms with Gasteiger partial charge < -0.3 is 29.8 Å². The maximum absolute atomic E-state index is 15.1. The van der Waals surface area contributed by atoms with Crippen LogP contribution in [0.4, 0.5) is 11.8 Å². The summed E-state index contributed by atoms with van der Waals surface area (Å²) in [5.41, 5.74) is 8.94. The number of nitrogens with two attached hydrogens (primary N) is 1. The first kappa shape index (κ1) is 36.0. The standard InChI is InChI=1S/C37H47N8O6P/c38-37-41-33(40-27-17-18-27)32-34(42-37)45(23-39-32)19-20-49-24-52(48,43-30(21-25-9-3-1-4-10-25)35(46)50-28-13-7-14-28)44-31(22-26-11-5-2-6-12-26)36(47)51-29-15-8-16-29/h1-6,9-12,23,27-31H,7-8,13-22,24H2,(H2,43,44,48)(H3,38,40,41,42)/t30-,31-/m0/s1. The van der Waals surface area contributed by atoms with Crippen molar-refractivity contribution >= 4 is 42.3 Å². The minimum absolute atomic E-state index is 0.125. The molecule has 3 saturated carbocycles. The molecule has 2 aromatic carbocycles. The van der Waals surface area contributed by atoms with Gasteiger partial charge in [-0.05, 0) is 75.3 Å². The van der Waals surface area contributed by atoms with E-state index >= 15 is 4.57 Å². The Kier molecular flexibility index (Phi) is 11.5. The Morgan fingerprint density at radius 3 is 1.88 bits per heavy atom. The highest BCUT2D eigenvalue weighted by atomic mass is 31.2. The molecule has 3 aliphatic rings. The predicted molar refractivity (Wildman–Crippen MR) is 196 cm³/mol. The Bertz CT molecular complexity index is 1790. The van der Waals surface area contributed by atoms with Gasteiger partial charge in [0.1, 0.15) is 30.6 Å². The molecule has 7 rings (SSSR count). The van der Waals surface area contributed by atoms with Crippen LogP contribution in [0.15, 0.2) is 67.0 Å². The minimum Gasteiger partial charge on any atom is -0.461 e. The summed E-state index contributed by atoms with van der Waals surface area (Å²) in [5.74, 6) is -0.262. The number of carbonyl (C=O) groups excluding carboxylic acids is 2. The van der Waals surface area contributed by atoms with Gasteiger partial charge in [0, 0.05) is 12.6 Å². The van der Waals surface area contributed by atoms with Crippen molar-refractivity contribution in [2.24, 2.45) is 0 Å². The second-order valence-electron chi connectivity index (χ2n) is 14.0. The van der Waals surface area contributed by atoms with Crippen molar-refractivity contribution in [1.29, 1.82) is 0 Å². The fourth-order valence-corrected chi connectivity index (χ4v) is 8.16. The molecule has 0 amide bonds. The Balaban J connectivity index is 1.11. The first-order chi connectivity index (χ1) is 25.3. The Labute approximate surface area is 303 Å². The van der Waals surface area contributed by atoms with E-state index in [2.05, 4.69) is 30.4 Å². The van der Waals surface area contributed by atoms with Gasteiger partial charge in [-0.3, -0.25) is 14.2 Å². The first-order valence-corrected chi connectivity index (χ1v) is 20.2. The van der Waals surface area contributed by atoms with Gasteiger partial charge in [0.25, 0.3) is 0 Å². The number of aromatic nitrogens is 4. The first-order valence-electron chi connectivity index (χ1n) is 18.3. The number of fused-ring (bicyclic) bond motifs is 1. The number of imidazole rings is 1. The molecule has 0 radical (unpaired) electrons. The van der Waals surface area contributed by atoms with Crippen LogP contribution in [0.5, 0.6) is 0 Å². The van der Waals surface area contributed by atoms with Gasteiger partial charge in [-0.2, -0.15) is 9.97 Å². The number of ether oxygens (including phenoxy) is 3. The molecule has 2 atom stereocenters. The third-order valence-corrected chi connectivity index (χ3v) is 11.7. The number of benzene rings is 2. The topological polar surface area (TPSA) is 185 Å². The van der Waals surface area contributed by atoms with Crippen molar-refractivity contribution in [3.8, 4) is 0 Å². The molecule has 14 nitrogen and oxygen atoms in total. The number of nitrogens with zero attached hydrogens (tertiary/aromatic N) is 4. The number of nitrogen functional groups attached to an aromatic ring is 1. The number of hydrogen-bond donors (Lipinski definition) is 4. The van der Waals surface area contributed by atoms with Crippen LogP contribution < -0.4 is 21.2 Å². The fourth-order valence-electron chi connectivity index (χ4n) is 6.15. The molecule has 2 heterocycles. The number of esters is 2. The van der Waals surface area contributed by atoms with Crippen LogP contribution in [0.3, 0.4) is 0 Å². The highest BCUT2D eigenvalue weighted by molar-refractivity contribution is 7.59. The van der Waals surface area contributed by atoms with Crippen molar-refractivity contribution in [3.05, 3.63) is 78.1 Å². The van der Waals surface area contributed by atoms with Gasteiger partial charge in [-0.25, -0.2) is 15.2 Å². The molecule has 0 unspecified atom stereocenters. The summed E-state index contributed by atoms with van der Waals surface area (Å²) in [5, 5.41) is 9.60. The van der Waals surface area contributed by atoms with Crippen molar-refractivity contribution in [3.63, 3.8) is 0 Å². The van der Waals surface area contributed by atoms with Crippen LogP contribution in [0.25, 0.3) is 11.2 Å². The summed E-state index contributed by atoms with van der Waals surface area (Å²) in [7, 11) is -3.86. The number of anilines is 2. The second kappa shape index (κ2) is 16.5. The third kappa shape index (κ3) is 9.54. The van der Waals surface area contributed by atoms with Crippen LogP contribution in [0.1, 0.15) is 62.5 Å². The molecule has 276 valence electrons. The minimum atomic E-state index is -3.86. The quantitative estimate of drug-likeness (QED) is 0.0590. The lowest BCUT2D eigenvalue weighted by molar-refractivity contribution is -0.155. The van der Waals surface area contributed by atoms with E-state index in [-0.39, 0.29) is 44.0 Å². The van der Waals surface area contributed by atoms with Crippen LogP contribution in [-0.2, 0) is 47.8 Å². The van der Waals surface area contributed by atoms with E-state index in [0.29, 0.717) is 29.6 Å². The summed E-state index contributed by atoms with van der Waals surface area (Å²) < 4.78 is 34.7. The average Bonchev–Trinajstić information content (AvgIpc) is 3.83. The summed E-state index contributed by atoms with van der Waals surface area (Å²) in [6.45, 7) is 0.448. The zero-order valence-corrected chi connectivity index (χ0v) is 30.1. The van der Waals surface area contributed by atoms with E-state index in [0.717, 1.165) is 62.5 Å². The number of hydrogen-bond acceptors (Lipinski definition) is 11. The molecule has 4 aromatic rings. The maximum Gasteiger partial charge on any atom is 0.324 e. The Morgan fingerprint density at radius 1 is 0.827 bits per heavy atom.